The quantitative estimate of drug-likeness (QED) is 0.717. The van der Waals surface area contributed by atoms with Crippen LogP contribution in [0.15, 0.2) is 48.5 Å². The Morgan fingerprint density at radius 2 is 1.58 bits per heavy atom. The fourth-order valence-corrected chi connectivity index (χ4v) is 2.27. The number of carbonyl (C=O) groups excluding carboxylic acids is 1. The van der Waals surface area contributed by atoms with Crippen LogP contribution in [0.2, 0.25) is 0 Å². The Morgan fingerprint density at radius 1 is 0.958 bits per heavy atom. The van der Waals surface area contributed by atoms with Crippen molar-refractivity contribution in [3.63, 3.8) is 0 Å². The first-order chi connectivity index (χ1) is 11.7. The molecule has 4 heteroatoms. The summed E-state index contributed by atoms with van der Waals surface area (Å²) in [5.74, 6) is 1.51. The number of rotatable bonds is 9. The number of aryl methyl sites for hydroxylation is 2. The Hall–Kier alpha value is -2.49. The molecule has 0 saturated heterocycles. The minimum absolute atomic E-state index is 0.0477. The molecule has 0 bridgehead atoms. The lowest BCUT2D eigenvalue weighted by molar-refractivity contribution is -0.123. The van der Waals surface area contributed by atoms with E-state index < -0.39 is 0 Å². The number of nitrogens with one attached hydrogen (secondary N) is 1. The zero-order chi connectivity index (χ0) is 17.2. The van der Waals surface area contributed by atoms with Crippen LogP contribution in [0.25, 0.3) is 0 Å². The highest BCUT2D eigenvalue weighted by Gasteiger charge is 2.02. The standard InChI is InChI=1S/C20H25NO3/c1-3-23-18-12-8-17(9-13-18)5-4-14-21-20(22)15-24-19-10-6-16(2)7-11-19/h6-13H,3-5,14-15H2,1-2H3,(H,21,22). The fourth-order valence-electron chi connectivity index (χ4n) is 2.27. The van der Waals surface area contributed by atoms with E-state index in [0.29, 0.717) is 18.9 Å². The first-order valence-electron chi connectivity index (χ1n) is 8.35. The monoisotopic (exact) mass is 327 g/mol. The molecule has 0 radical (unpaired) electrons. The average molecular weight is 327 g/mol. The molecule has 0 aliphatic rings. The van der Waals surface area contributed by atoms with E-state index in [1.165, 1.54) is 11.1 Å². The highest BCUT2D eigenvalue weighted by atomic mass is 16.5. The first-order valence-corrected chi connectivity index (χ1v) is 8.35. The minimum Gasteiger partial charge on any atom is -0.494 e. The highest BCUT2D eigenvalue weighted by molar-refractivity contribution is 5.77. The smallest absolute Gasteiger partial charge is 0.257 e. The third-order valence-electron chi connectivity index (χ3n) is 3.59. The molecule has 2 rings (SSSR count). The molecule has 0 aromatic heterocycles. The summed E-state index contributed by atoms with van der Waals surface area (Å²) in [6.45, 7) is 5.35. The van der Waals surface area contributed by atoms with Gasteiger partial charge in [-0.25, -0.2) is 0 Å². The van der Waals surface area contributed by atoms with Gasteiger partial charge in [-0.15, -0.1) is 0 Å². The van der Waals surface area contributed by atoms with E-state index in [-0.39, 0.29) is 12.5 Å². The Bertz CT molecular complexity index is 620. The topological polar surface area (TPSA) is 47.6 Å². The molecule has 1 amide bonds. The summed E-state index contributed by atoms with van der Waals surface area (Å²) >= 11 is 0. The van der Waals surface area contributed by atoms with Crippen LogP contribution in [0.1, 0.15) is 24.5 Å². The molecule has 0 heterocycles. The second-order valence-corrected chi connectivity index (χ2v) is 5.63. The summed E-state index contributed by atoms with van der Waals surface area (Å²) in [5.41, 5.74) is 2.41. The van der Waals surface area contributed by atoms with Crippen LogP contribution < -0.4 is 14.8 Å². The minimum atomic E-state index is -0.0951. The zero-order valence-corrected chi connectivity index (χ0v) is 14.4. The molecule has 0 saturated carbocycles. The maximum Gasteiger partial charge on any atom is 0.257 e. The van der Waals surface area contributed by atoms with E-state index in [0.717, 1.165) is 18.6 Å². The van der Waals surface area contributed by atoms with Gasteiger partial charge in [0.15, 0.2) is 6.61 Å². The number of hydrogen-bond acceptors (Lipinski definition) is 3. The predicted molar refractivity (Wildman–Crippen MR) is 95.6 cm³/mol. The molecule has 1 N–H and O–H groups in total. The molecule has 0 fully saturated rings. The Morgan fingerprint density at radius 3 is 2.25 bits per heavy atom. The molecule has 0 atom stereocenters. The summed E-state index contributed by atoms with van der Waals surface area (Å²) < 4.78 is 10.9. The maximum atomic E-state index is 11.8. The van der Waals surface area contributed by atoms with Crippen LogP contribution in [0.4, 0.5) is 0 Å². The van der Waals surface area contributed by atoms with E-state index in [4.69, 9.17) is 9.47 Å². The number of carbonyl (C=O) groups is 1. The molecular weight excluding hydrogens is 302 g/mol. The molecule has 4 nitrogen and oxygen atoms in total. The number of benzene rings is 2. The molecule has 24 heavy (non-hydrogen) atoms. The van der Waals surface area contributed by atoms with E-state index >= 15 is 0 Å². The molecule has 0 unspecified atom stereocenters. The number of amides is 1. The molecule has 0 aliphatic heterocycles. The molecule has 2 aromatic carbocycles. The fraction of sp³-hybridized carbons (Fsp3) is 0.350. The summed E-state index contributed by atoms with van der Waals surface area (Å²) in [7, 11) is 0. The molecular formula is C20H25NO3. The van der Waals surface area contributed by atoms with Gasteiger partial charge in [0.1, 0.15) is 11.5 Å². The van der Waals surface area contributed by atoms with E-state index in [2.05, 4.69) is 17.4 Å². The van der Waals surface area contributed by atoms with Crippen LogP contribution >= 0.6 is 0 Å². The van der Waals surface area contributed by atoms with Crippen molar-refractivity contribution in [2.24, 2.45) is 0 Å². The van der Waals surface area contributed by atoms with Crippen molar-refractivity contribution in [2.75, 3.05) is 19.8 Å². The van der Waals surface area contributed by atoms with Gasteiger partial charge in [-0.05, 0) is 56.5 Å². The average Bonchev–Trinajstić information content (AvgIpc) is 2.60. The summed E-state index contributed by atoms with van der Waals surface area (Å²) in [4.78, 5) is 11.8. The Labute approximate surface area is 143 Å². The number of ether oxygens (including phenoxy) is 2. The third-order valence-corrected chi connectivity index (χ3v) is 3.59. The van der Waals surface area contributed by atoms with Crippen molar-refractivity contribution in [3.05, 3.63) is 59.7 Å². The lowest BCUT2D eigenvalue weighted by Gasteiger charge is -2.08. The zero-order valence-electron chi connectivity index (χ0n) is 14.4. The van der Waals surface area contributed by atoms with Crippen molar-refractivity contribution in [3.8, 4) is 11.5 Å². The summed E-state index contributed by atoms with van der Waals surface area (Å²) in [6, 6.07) is 15.7. The molecule has 2 aromatic rings. The van der Waals surface area contributed by atoms with Crippen molar-refractivity contribution >= 4 is 5.91 Å². The van der Waals surface area contributed by atoms with Crippen molar-refractivity contribution in [1.82, 2.24) is 5.32 Å². The first kappa shape index (κ1) is 17.9. The summed E-state index contributed by atoms with van der Waals surface area (Å²) in [5, 5.41) is 2.88. The SMILES string of the molecule is CCOc1ccc(CCCNC(=O)COc2ccc(C)cc2)cc1. The van der Waals surface area contributed by atoms with Gasteiger partial charge in [0.25, 0.3) is 5.91 Å². The van der Waals surface area contributed by atoms with Gasteiger partial charge in [-0.2, -0.15) is 0 Å². The van der Waals surface area contributed by atoms with Gasteiger partial charge < -0.3 is 14.8 Å². The van der Waals surface area contributed by atoms with Gasteiger partial charge in [-0.3, -0.25) is 4.79 Å². The van der Waals surface area contributed by atoms with E-state index in [9.17, 15) is 4.79 Å². The normalized spacial score (nSPS) is 10.2. The Balaban J connectivity index is 1.61. The molecule has 128 valence electrons. The van der Waals surface area contributed by atoms with E-state index in [1.54, 1.807) is 0 Å². The van der Waals surface area contributed by atoms with Crippen LogP contribution in [-0.4, -0.2) is 25.7 Å². The highest BCUT2D eigenvalue weighted by Crippen LogP contribution is 2.13. The van der Waals surface area contributed by atoms with Crippen LogP contribution in [-0.2, 0) is 11.2 Å². The largest absolute Gasteiger partial charge is 0.494 e. The van der Waals surface area contributed by atoms with Crippen molar-refractivity contribution in [2.45, 2.75) is 26.7 Å². The van der Waals surface area contributed by atoms with Gasteiger partial charge in [-0.1, -0.05) is 29.8 Å². The van der Waals surface area contributed by atoms with Gasteiger partial charge in [0.05, 0.1) is 6.61 Å². The molecule has 0 aliphatic carbocycles. The lowest BCUT2D eigenvalue weighted by Crippen LogP contribution is -2.29. The maximum absolute atomic E-state index is 11.8. The van der Waals surface area contributed by atoms with Crippen LogP contribution in [0.3, 0.4) is 0 Å². The lowest BCUT2D eigenvalue weighted by atomic mass is 10.1. The third kappa shape index (κ3) is 6.32. The van der Waals surface area contributed by atoms with E-state index in [1.807, 2.05) is 50.2 Å². The van der Waals surface area contributed by atoms with Gasteiger partial charge >= 0.3 is 0 Å². The van der Waals surface area contributed by atoms with Gasteiger partial charge in [0, 0.05) is 6.54 Å². The second-order valence-electron chi connectivity index (χ2n) is 5.63. The van der Waals surface area contributed by atoms with Crippen molar-refractivity contribution < 1.29 is 14.3 Å². The predicted octanol–water partition coefficient (Wildman–Crippen LogP) is 3.52. The number of hydrogen-bond donors (Lipinski definition) is 1. The van der Waals surface area contributed by atoms with Gasteiger partial charge in [0.2, 0.25) is 0 Å². The van der Waals surface area contributed by atoms with Crippen molar-refractivity contribution in [1.29, 1.82) is 0 Å². The second kappa shape index (κ2) is 9.60. The Kier molecular flexibility index (Phi) is 7.15. The molecule has 0 spiro atoms. The summed E-state index contributed by atoms with van der Waals surface area (Å²) in [6.07, 6.45) is 1.82. The van der Waals surface area contributed by atoms with Crippen LogP contribution in [0, 0.1) is 6.92 Å². The van der Waals surface area contributed by atoms with Crippen LogP contribution in [0.5, 0.6) is 11.5 Å².